The van der Waals surface area contributed by atoms with Gasteiger partial charge >= 0.3 is 0 Å². The molecule has 3 nitrogen and oxygen atoms in total. The van der Waals surface area contributed by atoms with Crippen molar-refractivity contribution in [2.75, 3.05) is 12.3 Å². The molecule has 0 spiro atoms. The number of nitrogens with two attached hydrogens (primary N) is 1. The number of halogens is 1. The summed E-state index contributed by atoms with van der Waals surface area (Å²) in [7, 11) is 0. The maximum atomic E-state index is 12.0. The Labute approximate surface area is 133 Å². The number of carbonyl (C=O) groups is 1. The van der Waals surface area contributed by atoms with Gasteiger partial charge in [-0.2, -0.15) is 0 Å². The SMILES string of the molecule is CCCNC(CSc1ccccc1Br)(C(N)=O)C1CC1. The van der Waals surface area contributed by atoms with Gasteiger partial charge in [-0.05, 0) is 59.8 Å². The Morgan fingerprint density at radius 1 is 1.50 bits per heavy atom. The van der Waals surface area contributed by atoms with E-state index in [1.165, 1.54) is 0 Å². The smallest absolute Gasteiger partial charge is 0.238 e. The van der Waals surface area contributed by atoms with Gasteiger partial charge < -0.3 is 11.1 Å². The minimum atomic E-state index is -0.560. The molecule has 1 aliphatic rings. The highest BCUT2D eigenvalue weighted by Gasteiger charge is 2.49. The van der Waals surface area contributed by atoms with Gasteiger partial charge in [0.15, 0.2) is 0 Å². The van der Waals surface area contributed by atoms with E-state index in [0.717, 1.165) is 35.2 Å². The van der Waals surface area contributed by atoms with Gasteiger partial charge in [0.1, 0.15) is 5.54 Å². The molecule has 20 heavy (non-hydrogen) atoms. The average molecular weight is 357 g/mol. The molecule has 1 aromatic rings. The van der Waals surface area contributed by atoms with Gasteiger partial charge in [0.25, 0.3) is 0 Å². The molecule has 1 aliphatic carbocycles. The Bertz CT molecular complexity index is 479. The van der Waals surface area contributed by atoms with Crippen LogP contribution in [0.25, 0.3) is 0 Å². The zero-order chi connectivity index (χ0) is 14.6. The molecule has 110 valence electrons. The Balaban J connectivity index is 2.11. The van der Waals surface area contributed by atoms with E-state index in [-0.39, 0.29) is 5.91 Å². The third-order valence-corrected chi connectivity index (χ3v) is 5.92. The maximum Gasteiger partial charge on any atom is 0.238 e. The quantitative estimate of drug-likeness (QED) is 0.703. The zero-order valence-electron chi connectivity index (χ0n) is 11.7. The number of benzene rings is 1. The Morgan fingerprint density at radius 2 is 2.20 bits per heavy atom. The highest BCUT2D eigenvalue weighted by molar-refractivity contribution is 9.10. The number of nitrogens with one attached hydrogen (secondary N) is 1. The first-order valence-corrected chi connectivity index (χ1v) is 8.80. The second-order valence-electron chi connectivity index (χ2n) is 5.26. The zero-order valence-corrected chi connectivity index (χ0v) is 14.1. The number of hydrogen-bond donors (Lipinski definition) is 2. The molecule has 5 heteroatoms. The summed E-state index contributed by atoms with van der Waals surface area (Å²) in [5, 5.41) is 3.42. The van der Waals surface area contributed by atoms with Gasteiger partial charge in [0, 0.05) is 15.1 Å². The van der Waals surface area contributed by atoms with Crippen molar-refractivity contribution in [1.82, 2.24) is 5.32 Å². The lowest BCUT2D eigenvalue weighted by molar-refractivity contribution is -0.124. The van der Waals surface area contributed by atoms with Crippen LogP contribution in [0.3, 0.4) is 0 Å². The molecule has 0 aliphatic heterocycles. The summed E-state index contributed by atoms with van der Waals surface area (Å²) in [5.41, 5.74) is 5.17. The molecule has 1 amide bonds. The van der Waals surface area contributed by atoms with Gasteiger partial charge in [0.05, 0.1) is 0 Å². The minimum Gasteiger partial charge on any atom is -0.368 e. The first-order chi connectivity index (χ1) is 9.60. The van der Waals surface area contributed by atoms with Gasteiger partial charge in [-0.15, -0.1) is 11.8 Å². The van der Waals surface area contributed by atoms with Crippen LogP contribution < -0.4 is 11.1 Å². The minimum absolute atomic E-state index is 0.215. The van der Waals surface area contributed by atoms with Gasteiger partial charge in [-0.3, -0.25) is 4.79 Å². The molecule has 1 atom stereocenters. The van der Waals surface area contributed by atoms with E-state index in [2.05, 4.69) is 34.2 Å². The summed E-state index contributed by atoms with van der Waals surface area (Å²) >= 11 is 5.24. The highest BCUT2D eigenvalue weighted by Crippen LogP contribution is 2.43. The molecule has 1 saturated carbocycles. The van der Waals surface area contributed by atoms with Crippen molar-refractivity contribution in [3.8, 4) is 0 Å². The first kappa shape index (κ1) is 15.9. The molecule has 0 heterocycles. The van der Waals surface area contributed by atoms with Crippen LogP contribution in [0.5, 0.6) is 0 Å². The van der Waals surface area contributed by atoms with E-state index >= 15 is 0 Å². The molecule has 0 bridgehead atoms. The van der Waals surface area contributed by atoms with E-state index in [1.807, 2.05) is 18.2 Å². The third kappa shape index (κ3) is 3.57. The predicted octanol–water partition coefficient (Wildman–Crippen LogP) is 3.17. The van der Waals surface area contributed by atoms with Crippen molar-refractivity contribution < 1.29 is 4.79 Å². The lowest BCUT2D eigenvalue weighted by Gasteiger charge is -2.32. The van der Waals surface area contributed by atoms with Crippen molar-refractivity contribution >= 4 is 33.6 Å². The second kappa shape index (κ2) is 6.96. The fourth-order valence-electron chi connectivity index (χ4n) is 2.35. The van der Waals surface area contributed by atoms with Gasteiger partial charge in [0.2, 0.25) is 5.91 Å². The lowest BCUT2D eigenvalue weighted by atomic mass is 9.94. The number of hydrogen-bond acceptors (Lipinski definition) is 3. The Morgan fingerprint density at radius 3 is 2.75 bits per heavy atom. The Hall–Kier alpha value is -0.520. The molecule has 3 N–H and O–H groups in total. The number of thioether (sulfide) groups is 1. The van der Waals surface area contributed by atoms with Crippen LogP contribution in [0.15, 0.2) is 33.6 Å². The van der Waals surface area contributed by atoms with Gasteiger partial charge in [-0.1, -0.05) is 19.1 Å². The summed E-state index contributed by atoms with van der Waals surface area (Å²) in [4.78, 5) is 13.2. The van der Waals surface area contributed by atoms with Crippen LogP contribution in [0, 0.1) is 5.92 Å². The number of rotatable bonds is 8. The lowest BCUT2D eigenvalue weighted by Crippen LogP contribution is -2.59. The molecular formula is C15H21BrN2OS. The molecule has 0 aromatic heterocycles. The number of carbonyl (C=O) groups excluding carboxylic acids is 1. The largest absolute Gasteiger partial charge is 0.368 e. The second-order valence-corrected chi connectivity index (χ2v) is 7.13. The van der Waals surface area contributed by atoms with E-state index in [9.17, 15) is 4.79 Å². The van der Waals surface area contributed by atoms with Crippen LogP contribution in [0.2, 0.25) is 0 Å². The fourth-order valence-corrected chi connectivity index (χ4v) is 4.22. The van der Waals surface area contributed by atoms with E-state index < -0.39 is 5.54 Å². The number of amides is 1. The fraction of sp³-hybridized carbons (Fsp3) is 0.533. The van der Waals surface area contributed by atoms with Crippen molar-refractivity contribution in [3.63, 3.8) is 0 Å². The van der Waals surface area contributed by atoms with Crippen LogP contribution in [-0.4, -0.2) is 23.7 Å². The summed E-state index contributed by atoms with van der Waals surface area (Å²) in [6.45, 7) is 2.93. The Kier molecular flexibility index (Phi) is 5.52. The molecule has 1 aromatic carbocycles. The van der Waals surface area contributed by atoms with Crippen LogP contribution in [0.4, 0.5) is 0 Å². The molecule has 2 rings (SSSR count). The average Bonchev–Trinajstić information content (AvgIpc) is 3.25. The standard InChI is InChI=1S/C15H21BrN2OS/c1-2-9-18-15(14(17)19,11-7-8-11)10-20-13-6-4-3-5-12(13)16/h3-6,11,18H,2,7-10H2,1H3,(H2,17,19). The van der Waals surface area contributed by atoms with Crippen molar-refractivity contribution in [2.45, 2.75) is 36.6 Å². The van der Waals surface area contributed by atoms with E-state index in [1.54, 1.807) is 11.8 Å². The first-order valence-electron chi connectivity index (χ1n) is 7.02. The third-order valence-electron chi connectivity index (χ3n) is 3.70. The van der Waals surface area contributed by atoms with Gasteiger partial charge in [-0.25, -0.2) is 0 Å². The van der Waals surface area contributed by atoms with Crippen molar-refractivity contribution in [3.05, 3.63) is 28.7 Å². The summed E-state index contributed by atoms with van der Waals surface area (Å²) in [6, 6.07) is 8.08. The molecule has 1 fully saturated rings. The van der Waals surface area contributed by atoms with E-state index in [0.29, 0.717) is 11.7 Å². The van der Waals surface area contributed by atoms with Crippen molar-refractivity contribution in [1.29, 1.82) is 0 Å². The summed E-state index contributed by atoms with van der Waals surface area (Å²) < 4.78 is 1.06. The predicted molar refractivity (Wildman–Crippen MR) is 87.8 cm³/mol. The highest BCUT2D eigenvalue weighted by atomic mass is 79.9. The topological polar surface area (TPSA) is 55.1 Å². The monoisotopic (exact) mass is 356 g/mol. The number of primary amides is 1. The molecule has 0 saturated heterocycles. The normalized spacial score (nSPS) is 17.7. The van der Waals surface area contributed by atoms with Crippen LogP contribution in [-0.2, 0) is 4.79 Å². The molecule has 1 unspecified atom stereocenters. The van der Waals surface area contributed by atoms with Crippen molar-refractivity contribution in [2.24, 2.45) is 11.7 Å². The molecular weight excluding hydrogens is 336 g/mol. The van der Waals surface area contributed by atoms with Crippen LogP contribution >= 0.6 is 27.7 Å². The van der Waals surface area contributed by atoms with Crippen LogP contribution in [0.1, 0.15) is 26.2 Å². The maximum absolute atomic E-state index is 12.0. The summed E-state index contributed by atoms with van der Waals surface area (Å²) in [6.07, 6.45) is 3.19. The summed E-state index contributed by atoms with van der Waals surface area (Å²) in [5.74, 6) is 0.866. The van der Waals surface area contributed by atoms with E-state index in [4.69, 9.17) is 5.73 Å². The molecule has 0 radical (unpaired) electrons.